The van der Waals surface area contributed by atoms with Crippen molar-refractivity contribution in [2.75, 3.05) is 52.4 Å². The monoisotopic (exact) mass is 1010 g/mol. The van der Waals surface area contributed by atoms with Gasteiger partial charge in [-0.05, 0) is 95.8 Å². The van der Waals surface area contributed by atoms with Crippen LogP contribution in [0.25, 0.3) is 0 Å². The van der Waals surface area contributed by atoms with Crippen LogP contribution in [0.2, 0.25) is 0 Å². The summed E-state index contributed by atoms with van der Waals surface area (Å²) in [5, 5.41) is 31.5. The fourth-order valence-corrected chi connectivity index (χ4v) is 11.0. The maximum Gasteiger partial charge on any atom is 0.387 e. The first-order valence-corrected chi connectivity index (χ1v) is 23.8. The molecule has 22 heteroatoms. The fourth-order valence-electron chi connectivity index (χ4n) is 8.13. The van der Waals surface area contributed by atoms with Gasteiger partial charge < -0.3 is 35.0 Å². The highest BCUT2D eigenvalue weighted by Crippen LogP contribution is 2.34. The second-order valence-corrected chi connectivity index (χ2v) is 19.9. The summed E-state index contributed by atoms with van der Waals surface area (Å²) in [5.74, 6) is -2.90. The zero-order valence-corrected chi connectivity index (χ0v) is 39.1. The van der Waals surface area contributed by atoms with E-state index < -0.39 is 63.3 Å². The number of alkyl halides is 4. The number of halogens is 5. The maximum absolute atomic E-state index is 13.2. The van der Waals surface area contributed by atoms with Gasteiger partial charge in [0.1, 0.15) is 17.4 Å². The van der Waals surface area contributed by atoms with E-state index in [-0.39, 0.29) is 52.7 Å². The highest BCUT2D eigenvalue weighted by molar-refractivity contribution is 7.89. The Kier molecular flexibility index (Phi) is 18.3. The lowest BCUT2D eigenvalue weighted by Gasteiger charge is -2.28. The number of carboxylic acids is 1. The van der Waals surface area contributed by atoms with Gasteiger partial charge in [0.2, 0.25) is 26.0 Å². The van der Waals surface area contributed by atoms with E-state index in [1.54, 1.807) is 48.2 Å². The molecule has 0 fully saturated rings. The molecule has 15 nitrogen and oxygen atoms in total. The summed E-state index contributed by atoms with van der Waals surface area (Å²) < 4.78 is 111. The van der Waals surface area contributed by atoms with E-state index >= 15 is 0 Å². The molecule has 0 aromatic heterocycles. The molecule has 0 spiro atoms. The molecule has 0 radical (unpaired) electrons. The summed E-state index contributed by atoms with van der Waals surface area (Å²) in [6.07, 6.45) is -1.75. The van der Waals surface area contributed by atoms with Crippen molar-refractivity contribution in [1.82, 2.24) is 18.8 Å². The highest BCUT2D eigenvalue weighted by Gasteiger charge is 2.40. The number of carbonyl (C=O) groups is 2. The fraction of sp³-hybridized carbons (Fsp3) is 0.348. The number of aliphatic hydroxyl groups is 2. The number of carboxylic acid groups (broad SMARTS) is 1. The molecule has 4 aliphatic heterocycles. The third-order valence-corrected chi connectivity index (χ3v) is 15.0. The van der Waals surface area contributed by atoms with Crippen LogP contribution in [0, 0.1) is 0 Å². The first-order valence-electron chi connectivity index (χ1n) is 20.9. The van der Waals surface area contributed by atoms with E-state index in [0.29, 0.717) is 31.7 Å². The number of nitrogens with zero attached hydrogens (tertiary/aromatic N) is 3. The van der Waals surface area contributed by atoms with Crippen LogP contribution < -0.4 is 14.8 Å². The molecule has 0 bridgehead atoms. The molecule has 4 N–H and O–H groups in total. The number of hydrogen-bond donors (Lipinski definition) is 4. The standard InChI is InChI=1S/C23H24F2N2O5S.C13H14F2N2O3S.C10H12O3.ClH/c1-15(28)21(16-5-3-2-4-6-16)22(29)26-11-17-13-27(14-18(17)12-26)33(30,31)20-9-7-19(8-10-20)32-23(24)25;14-13(15)20-11-1-3-12(4-2-11)21(18,19)17-7-9-5-16-6-10(9)8-17;1-7(11)9(10(12)13)8-5-3-2-4-6-8;/h2-10,15,21,23,28H,11-14H2,1H3;1-4,13,16H,5-8H2;2-7,9,11H,1H3,(H,12,13);1H/t15-,21-;;7-,9-;/m1.1./s1. The number of hydrogen-bond acceptors (Lipinski definition) is 11. The number of carbonyl (C=O) groups excluding carboxylic acids is 1. The molecule has 4 aromatic carbocycles. The lowest BCUT2D eigenvalue weighted by Crippen LogP contribution is -2.40. The first kappa shape index (κ1) is 53.6. The number of aliphatic hydroxyl groups excluding tert-OH is 2. The summed E-state index contributed by atoms with van der Waals surface area (Å²) in [5.41, 5.74) is 5.33. The maximum atomic E-state index is 13.2. The van der Waals surface area contributed by atoms with Crippen LogP contribution >= 0.6 is 12.4 Å². The molecule has 4 aliphatic rings. The molecule has 0 saturated heterocycles. The SMILES string of the molecule is C[C@@H](O)[C@@H](C(=O)N1CC2=C(C1)CN(S(=O)(=O)c1ccc(OC(F)F)cc1)C2)c1ccccc1.C[C@@H](O)[C@@H](C(=O)O)c1ccccc1.Cl.O=S(=O)(c1ccc(OC(F)F)cc1)N1CC2=C(CNC2)C1. The predicted octanol–water partition coefficient (Wildman–Crippen LogP) is 5.45. The lowest BCUT2D eigenvalue weighted by molar-refractivity contribution is -0.141. The Morgan fingerprint density at radius 2 is 0.912 bits per heavy atom. The molecule has 368 valence electrons. The smallest absolute Gasteiger partial charge is 0.387 e. The minimum absolute atomic E-state index is 0. The van der Waals surface area contributed by atoms with Crippen LogP contribution in [0.1, 0.15) is 36.8 Å². The van der Waals surface area contributed by atoms with Crippen LogP contribution in [0.4, 0.5) is 17.6 Å². The number of rotatable bonds is 14. The van der Waals surface area contributed by atoms with Crippen molar-refractivity contribution in [3.8, 4) is 11.5 Å². The third kappa shape index (κ3) is 13.0. The van der Waals surface area contributed by atoms with Gasteiger partial charge in [-0.15, -0.1) is 12.4 Å². The quantitative estimate of drug-likeness (QED) is 0.0922. The van der Waals surface area contributed by atoms with E-state index in [0.717, 1.165) is 40.9 Å². The topological polar surface area (TPSA) is 203 Å². The molecule has 0 aliphatic carbocycles. The van der Waals surface area contributed by atoms with Crippen LogP contribution in [0.5, 0.6) is 11.5 Å². The largest absolute Gasteiger partial charge is 0.481 e. The molecule has 8 rings (SSSR count). The second-order valence-electron chi connectivity index (χ2n) is 16.1. The summed E-state index contributed by atoms with van der Waals surface area (Å²) in [4.78, 5) is 25.7. The molecule has 4 heterocycles. The number of benzene rings is 4. The number of sulfonamides is 2. The van der Waals surface area contributed by atoms with E-state index in [4.69, 9.17) is 5.11 Å². The van der Waals surface area contributed by atoms with Gasteiger partial charge >= 0.3 is 19.2 Å². The molecule has 4 atom stereocenters. The molecule has 0 unspecified atom stereocenters. The Balaban J connectivity index is 0.000000211. The second kappa shape index (κ2) is 23.3. The van der Waals surface area contributed by atoms with Crippen LogP contribution in [-0.2, 0) is 29.6 Å². The van der Waals surface area contributed by atoms with Crippen molar-refractivity contribution in [3.63, 3.8) is 0 Å². The van der Waals surface area contributed by atoms with Crippen molar-refractivity contribution in [2.24, 2.45) is 0 Å². The third-order valence-electron chi connectivity index (χ3n) is 11.4. The number of aliphatic carboxylic acids is 1. The van der Waals surface area contributed by atoms with Gasteiger partial charge in [-0.1, -0.05) is 60.7 Å². The van der Waals surface area contributed by atoms with Crippen molar-refractivity contribution in [3.05, 3.63) is 143 Å². The normalized spacial score (nSPS) is 17.8. The lowest BCUT2D eigenvalue weighted by atomic mass is 9.93. The Hall–Kier alpha value is -5.39. The average Bonchev–Trinajstić information content (AvgIpc) is 4.07. The summed E-state index contributed by atoms with van der Waals surface area (Å²) in [6.45, 7) is 0.289. The van der Waals surface area contributed by atoms with E-state index in [1.807, 2.05) is 24.3 Å². The molecular weight excluding hydrogens is 960 g/mol. The molecule has 0 saturated carbocycles. The first-order chi connectivity index (χ1) is 31.8. The van der Waals surface area contributed by atoms with Gasteiger partial charge in [0.25, 0.3) is 0 Å². The Morgan fingerprint density at radius 3 is 1.25 bits per heavy atom. The number of ether oxygens (including phenoxy) is 2. The van der Waals surface area contributed by atoms with Crippen LogP contribution in [-0.4, -0.2) is 135 Å². The number of amides is 1. The van der Waals surface area contributed by atoms with E-state index in [9.17, 15) is 54.2 Å². The Labute approximate surface area is 397 Å². The highest BCUT2D eigenvalue weighted by atomic mass is 35.5. The van der Waals surface area contributed by atoms with Gasteiger partial charge in [0.05, 0.1) is 27.9 Å². The van der Waals surface area contributed by atoms with E-state index in [2.05, 4.69) is 14.8 Å². The Bertz CT molecular complexity index is 2610. The summed E-state index contributed by atoms with van der Waals surface area (Å²) in [7, 11) is -7.44. The molecular formula is C46H51ClF4N4O11S2. The van der Waals surface area contributed by atoms with Crippen molar-refractivity contribution >= 4 is 44.3 Å². The van der Waals surface area contributed by atoms with Crippen LogP contribution in [0.3, 0.4) is 0 Å². The summed E-state index contributed by atoms with van der Waals surface area (Å²) >= 11 is 0. The predicted molar refractivity (Wildman–Crippen MR) is 244 cm³/mol. The number of nitrogens with one attached hydrogen (secondary N) is 1. The van der Waals surface area contributed by atoms with Crippen molar-refractivity contribution in [2.45, 2.75) is 60.9 Å². The minimum Gasteiger partial charge on any atom is -0.481 e. The van der Waals surface area contributed by atoms with Crippen molar-refractivity contribution < 1.29 is 68.8 Å². The summed E-state index contributed by atoms with van der Waals surface area (Å²) in [6, 6.07) is 27.7. The zero-order chi connectivity index (χ0) is 48.6. The van der Waals surface area contributed by atoms with Gasteiger partial charge in [0, 0.05) is 52.4 Å². The van der Waals surface area contributed by atoms with Gasteiger partial charge in [-0.3, -0.25) is 9.59 Å². The minimum atomic E-state index is -3.83. The van der Waals surface area contributed by atoms with Gasteiger partial charge in [-0.2, -0.15) is 26.2 Å². The van der Waals surface area contributed by atoms with Crippen molar-refractivity contribution in [1.29, 1.82) is 0 Å². The Morgan fingerprint density at radius 1 is 0.559 bits per heavy atom. The van der Waals surface area contributed by atoms with Gasteiger partial charge in [-0.25, -0.2) is 16.8 Å². The average molecular weight is 1010 g/mol. The molecule has 1 amide bonds. The molecule has 68 heavy (non-hydrogen) atoms. The van der Waals surface area contributed by atoms with Gasteiger partial charge in [0.15, 0.2) is 0 Å². The zero-order valence-electron chi connectivity index (χ0n) is 36.7. The molecule has 4 aromatic rings. The van der Waals surface area contributed by atoms with E-state index in [1.165, 1.54) is 64.1 Å². The van der Waals surface area contributed by atoms with Crippen LogP contribution in [0.15, 0.2) is 141 Å².